The van der Waals surface area contributed by atoms with Crippen molar-refractivity contribution in [2.24, 2.45) is 5.73 Å². The number of aryl methyl sites for hydroxylation is 2. The van der Waals surface area contributed by atoms with E-state index in [-0.39, 0.29) is 6.04 Å². The lowest BCUT2D eigenvalue weighted by Crippen LogP contribution is -2.14. The molecule has 2 rings (SSSR count). The zero-order chi connectivity index (χ0) is 13.1. The van der Waals surface area contributed by atoms with Crippen LogP contribution in [0, 0.1) is 13.8 Å². The highest BCUT2D eigenvalue weighted by Gasteiger charge is 2.10. The van der Waals surface area contributed by atoms with Gasteiger partial charge in [-0.1, -0.05) is 51.8 Å². The lowest BCUT2D eigenvalue weighted by molar-refractivity contribution is 0.716. The lowest BCUT2D eigenvalue weighted by Gasteiger charge is -2.15. The summed E-state index contributed by atoms with van der Waals surface area (Å²) in [4.78, 5) is 0. The van der Waals surface area contributed by atoms with E-state index in [0.29, 0.717) is 0 Å². The standard InChI is InChI=1S/C16H18BrN/c1-11-4-3-5-13(8-11)9-16(18)15-10-14(17)7-6-12(15)2/h3-8,10,16H,9,18H2,1-2H3. The molecule has 2 aromatic carbocycles. The van der Waals surface area contributed by atoms with Crippen LogP contribution < -0.4 is 5.73 Å². The molecule has 2 aromatic rings. The van der Waals surface area contributed by atoms with Crippen molar-refractivity contribution in [1.29, 1.82) is 0 Å². The van der Waals surface area contributed by atoms with Crippen molar-refractivity contribution < 1.29 is 0 Å². The zero-order valence-corrected chi connectivity index (χ0v) is 12.4. The maximum Gasteiger partial charge on any atom is 0.0338 e. The minimum Gasteiger partial charge on any atom is -0.324 e. The molecule has 0 heterocycles. The highest BCUT2D eigenvalue weighted by molar-refractivity contribution is 9.10. The molecule has 0 spiro atoms. The van der Waals surface area contributed by atoms with Gasteiger partial charge in [-0.2, -0.15) is 0 Å². The van der Waals surface area contributed by atoms with Crippen LogP contribution in [-0.4, -0.2) is 0 Å². The summed E-state index contributed by atoms with van der Waals surface area (Å²) in [5.41, 5.74) is 11.4. The fourth-order valence-electron chi connectivity index (χ4n) is 2.21. The Kier molecular flexibility index (Phi) is 4.20. The Balaban J connectivity index is 2.21. The van der Waals surface area contributed by atoms with Crippen LogP contribution in [0.25, 0.3) is 0 Å². The number of hydrogen-bond donors (Lipinski definition) is 1. The molecule has 1 atom stereocenters. The third kappa shape index (κ3) is 3.21. The van der Waals surface area contributed by atoms with Crippen LogP contribution >= 0.6 is 15.9 Å². The molecule has 2 N–H and O–H groups in total. The van der Waals surface area contributed by atoms with Crippen LogP contribution in [0.2, 0.25) is 0 Å². The Morgan fingerprint density at radius 1 is 1.11 bits per heavy atom. The van der Waals surface area contributed by atoms with E-state index in [1.54, 1.807) is 0 Å². The van der Waals surface area contributed by atoms with Gasteiger partial charge in [0.15, 0.2) is 0 Å². The van der Waals surface area contributed by atoms with Crippen molar-refractivity contribution >= 4 is 15.9 Å². The molecular formula is C16H18BrN. The third-order valence-electron chi connectivity index (χ3n) is 3.18. The number of rotatable bonds is 3. The van der Waals surface area contributed by atoms with Crippen molar-refractivity contribution in [2.45, 2.75) is 26.3 Å². The van der Waals surface area contributed by atoms with Crippen molar-refractivity contribution in [2.75, 3.05) is 0 Å². The average Bonchev–Trinajstić information content (AvgIpc) is 2.32. The maximum absolute atomic E-state index is 6.33. The van der Waals surface area contributed by atoms with Crippen LogP contribution in [-0.2, 0) is 6.42 Å². The number of benzene rings is 2. The van der Waals surface area contributed by atoms with Crippen molar-refractivity contribution in [3.05, 3.63) is 69.2 Å². The lowest BCUT2D eigenvalue weighted by atomic mass is 9.95. The maximum atomic E-state index is 6.33. The van der Waals surface area contributed by atoms with Crippen LogP contribution in [0.3, 0.4) is 0 Å². The van der Waals surface area contributed by atoms with Gasteiger partial charge in [0, 0.05) is 10.5 Å². The Morgan fingerprint density at radius 2 is 1.89 bits per heavy atom. The number of halogens is 1. The van der Waals surface area contributed by atoms with Crippen LogP contribution in [0.1, 0.15) is 28.3 Å². The van der Waals surface area contributed by atoms with Crippen LogP contribution in [0.4, 0.5) is 0 Å². The van der Waals surface area contributed by atoms with Gasteiger partial charge in [-0.25, -0.2) is 0 Å². The van der Waals surface area contributed by atoms with E-state index >= 15 is 0 Å². The van der Waals surface area contributed by atoms with Crippen molar-refractivity contribution in [3.8, 4) is 0 Å². The molecule has 0 aromatic heterocycles. The summed E-state index contributed by atoms with van der Waals surface area (Å²) in [6.07, 6.45) is 0.874. The van der Waals surface area contributed by atoms with E-state index < -0.39 is 0 Å². The molecule has 0 aliphatic carbocycles. The van der Waals surface area contributed by atoms with E-state index in [1.807, 2.05) is 0 Å². The first-order chi connectivity index (χ1) is 8.56. The molecule has 0 bridgehead atoms. The van der Waals surface area contributed by atoms with Gasteiger partial charge < -0.3 is 5.73 Å². The van der Waals surface area contributed by atoms with Crippen molar-refractivity contribution in [1.82, 2.24) is 0 Å². The summed E-state index contributed by atoms with van der Waals surface area (Å²) in [5, 5.41) is 0. The summed E-state index contributed by atoms with van der Waals surface area (Å²) in [6, 6.07) is 14.9. The van der Waals surface area contributed by atoms with E-state index in [9.17, 15) is 0 Å². The molecule has 0 aliphatic heterocycles. The first kappa shape index (κ1) is 13.3. The van der Waals surface area contributed by atoms with Gasteiger partial charge in [0.25, 0.3) is 0 Å². The van der Waals surface area contributed by atoms with E-state index in [0.717, 1.165) is 10.9 Å². The molecule has 18 heavy (non-hydrogen) atoms. The fraction of sp³-hybridized carbons (Fsp3) is 0.250. The normalized spacial score (nSPS) is 12.4. The second kappa shape index (κ2) is 5.68. The van der Waals surface area contributed by atoms with Gasteiger partial charge >= 0.3 is 0 Å². The summed E-state index contributed by atoms with van der Waals surface area (Å²) in [7, 11) is 0. The molecule has 1 unspecified atom stereocenters. The summed E-state index contributed by atoms with van der Waals surface area (Å²) in [6.45, 7) is 4.22. The third-order valence-corrected chi connectivity index (χ3v) is 3.67. The van der Waals surface area contributed by atoms with Crippen LogP contribution in [0.5, 0.6) is 0 Å². The summed E-state index contributed by atoms with van der Waals surface area (Å²) < 4.78 is 1.09. The highest BCUT2D eigenvalue weighted by Crippen LogP contribution is 2.23. The van der Waals surface area contributed by atoms with E-state index in [2.05, 4.69) is 72.2 Å². The van der Waals surface area contributed by atoms with Gasteiger partial charge in [-0.15, -0.1) is 0 Å². The molecule has 0 amide bonds. The Morgan fingerprint density at radius 3 is 2.61 bits per heavy atom. The molecule has 0 saturated carbocycles. The molecule has 0 radical (unpaired) electrons. The Bertz CT molecular complexity index is 549. The minimum absolute atomic E-state index is 0.0456. The molecule has 0 saturated heterocycles. The molecular weight excluding hydrogens is 286 g/mol. The van der Waals surface area contributed by atoms with Gasteiger partial charge in [0.2, 0.25) is 0 Å². The number of hydrogen-bond acceptors (Lipinski definition) is 1. The Hall–Kier alpha value is -1.12. The summed E-state index contributed by atoms with van der Waals surface area (Å²) >= 11 is 3.51. The fourth-order valence-corrected chi connectivity index (χ4v) is 2.59. The highest BCUT2D eigenvalue weighted by atomic mass is 79.9. The number of nitrogens with two attached hydrogens (primary N) is 1. The monoisotopic (exact) mass is 303 g/mol. The molecule has 94 valence electrons. The topological polar surface area (TPSA) is 26.0 Å². The first-order valence-corrected chi connectivity index (χ1v) is 6.93. The second-order valence-corrected chi connectivity index (χ2v) is 5.72. The minimum atomic E-state index is 0.0456. The molecule has 2 heteroatoms. The van der Waals surface area contributed by atoms with Gasteiger partial charge in [0.05, 0.1) is 0 Å². The second-order valence-electron chi connectivity index (χ2n) is 4.80. The van der Waals surface area contributed by atoms with Crippen molar-refractivity contribution in [3.63, 3.8) is 0 Å². The van der Waals surface area contributed by atoms with Gasteiger partial charge in [-0.3, -0.25) is 0 Å². The predicted molar refractivity (Wildman–Crippen MR) is 80.7 cm³/mol. The van der Waals surface area contributed by atoms with E-state index in [4.69, 9.17) is 5.73 Å². The SMILES string of the molecule is Cc1cccc(CC(N)c2cc(Br)ccc2C)c1. The molecule has 0 aliphatic rings. The summed E-state index contributed by atoms with van der Waals surface area (Å²) in [5.74, 6) is 0. The molecule has 1 nitrogen and oxygen atoms in total. The first-order valence-electron chi connectivity index (χ1n) is 6.13. The zero-order valence-electron chi connectivity index (χ0n) is 10.8. The Labute approximate surface area is 117 Å². The van der Waals surface area contributed by atoms with E-state index in [1.165, 1.54) is 22.3 Å². The van der Waals surface area contributed by atoms with Crippen LogP contribution in [0.15, 0.2) is 46.9 Å². The largest absolute Gasteiger partial charge is 0.324 e. The average molecular weight is 304 g/mol. The predicted octanol–water partition coefficient (Wildman–Crippen LogP) is 4.31. The smallest absolute Gasteiger partial charge is 0.0338 e. The van der Waals surface area contributed by atoms with Gasteiger partial charge in [0.1, 0.15) is 0 Å². The molecule has 0 fully saturated rings. The van der Waals surface area contributed by atoms with Gasteiger partial charge in [-0.05, 0) is 49.1 Å². The quantitative estimate of drug-likeness (QED) is 0.898.